The molecule has 26 heavy (non-hydrogen) atoms. The second-order valence-electron chi connectivity index (χ2n) is 6.52. The number of rotatable bonds is 6. The van der Waals surface area contributed by atoms with E-state index in [0.29, 0.717) is 18.3 Å². The van der Waals surface area contributed by atoms with Crippen LogP contribution in [0.15, 0.2) is 10.9 Å². The molecule has 2 aromatic heterocycles. The molecular formula is C17H28N8O. The highest BCUT2D eigenvalue weighted by molar-refractivity contribution is 5.52. The minimum Gasteiger partial charge on any atom is -0.383 e. The van der Waals surface area contributed by atoms with Crippen LogP contribution in [0.1, 0.15) is 45.4 Å². The van der Waals surface area contributed by atoms with E-state index in [1.54, 1.807) is 4.57 Å². The highest BCUT2D eigenvalue weighted by atomic mass is 16.1. The first-order chi connectivity index (χ1) is 12.6. The fourth-order valence-corrected chi connectivity index (χ4v) is 3.56. The van der Waals surface area contributed by atoms with E-state index >= 15 is 0 Å². The third-order valence-corrected chi connectivity index (χ3v) is 5.06. The quantitative estimate of drug-likeness (QED) is 0.796. The summed E-state index contributed by atoms with van der Waals surface area (Å²) in [5.74, 6) is 3.19. The third kappa shape index (κ3) is 3.51. The van der Waals surface area contributed by atoms with Crippen molar-refractivity contribution in [1.82, 2.24) is 24.7 Å². The summed E-state index contributed by atoms with van der Waals surface area (Å²) in [5.41, 5.74) is 5.89. The first kappa shape index (κ1) is 18.2. The molecule has 0 bridgehead atoms. The zero-order valence-corrected chi connectivity index (χ0v) is 15.8. The van der Waals surface area contributed by atoms with E-state index in [1.807, 2.05) is 13.0 Å². The van der Waals surface area contributed by atoms with E-state index in [2.05, 4.69) is 38.8 Å². The van der Waals surface area contributed by atoms with Crippen molar-refractivity contribution in [3.63, 3.8) is 0 Å². The van der Waals surface area contributed by atoms with Gasteiger partial charge < -0.3 is 15.5 Å². The lowest BCUT2D eigenvalue weighted by Gasteiger charge is -2.33. The van der Waals surface area contributed by atoms with Crippen LogP contribution in [-0.4, -0.2) is 50.9 Å². The largest absolute Gasteiger partial charge is 0.383 e. The maximum atomic E-state index is 11.8. The zero-order chi connectivity index (χ0) is 18.7. The van der Waals surface area contributed by atoms with Crippen molar-refractivity contribution < 1.29 is 0 Å². The molecule has 0 atom stereocenters. The average Bonchev–Trinajstić information content (AvgIpc) is 3.03. The molecule has 9 heteroatoms. The molecule has 9 nitrogen and oxygen atoms in total. The minimum atomic E-state index is -0.127. The van der Waals surface area contributed by atoms with Gasteiger partial charge in [-0.3, -0.25) is 4.57 Å². The maximum absolute atomic E-state index is 11.8. The standard InChI is InChI=1S/C17H28N8O/c1-4-23(5-2)16-19-13(18)11-14(20-16)24-9-7-12(8-10-24)15-21-22-17(26)25(15)6-3/h11-12H,4-10H2,1-3H3,(H,22,26)(H2,18,19,20). The minimum absolute atomic E-state index is 0.127. The van der Waals surface area contributed by atoms with E-state index in [9.17, 15) is 4.79 Å². The van der Waals surface area contributed by atoms with Crippen molar-refractivity contribution in [2.24, 2.45) is 0 Å². The van der Waals surface area contributed by atoms with Gasteiger partial charge >= 0.3 is 5.69 Å². The number of anilines is 3. The van der Waals surface area contributed by atoms with Crippen LogP contribution in [0.25, 0.3) is 0 Å². The van der Waals surface area contributed by atoms with Gasteiger partial charge in [0.25, 0.3) is 0 Å². The third-order valence-electron chi connectivity index (χ3n) is 5.06. The van der Waals surface area contributed by atoms with Crippen LogP contribution in [-0.2, 0) is 6.54 Å². The van der Waals surface area contributed by atoms with Crippen LogP contribution in [0.2, 0.25) is 0 Å². The lowest BCUT2D eigenvalue weighted by molar-refractivity contribution is 0.463. The monoisotopic (exact) mass is 360 g/mol. The molecule has 1 aliphatic heterocycles. The fourth-order valence-electron chi connectivity index (χ4n) is 3.56. The Bertz CT molecular complexity index is 786. The van der Waals surface area contributed by atoms with E-state index in [-0.39, 0.29) is 11.6 Å². The van der Waals surface area contributed by atoms with Crippen LogP contribution < -0.4 is 21.2 Å². The zero-order valence-electron chi connectivity index (χ0n) is 15.8. The topological polar surface area (TPSA) is 109 Å². The van der Waals surface area contributed by atoms with Gasteiger partial charge in [0.05, 0.1) is 0 Å². The van der Waals surface area contributed by atoms with Crippen molar-refractivity contribution in [2.75, 3.05) is 41.7 Å². The predicted molar refractivity (Wildman–Crippen MR) is 103 cm³/mol. The van der Waals surface area contributed by atoms with Crippen molar-refractivity contribution in [3.8, 4) is 0 Å². The van der Waals surface area contributed by atoms with Gasteiger partial charge in [0.15, 0.2) is 0 Å². The molecule has 0 spiro atoms. The number of H-pyrrole nitrogens is 1. The lowest BCUT2D eigenvalue weighted by atomic mass is 9.96. The predicted octanol–water partition coefficient (Wildman–Crippen LogP) is 1.19. The van der Waals surface area contributed by atoms with E-state index in [0.717, 1.165) is 50.7 Å². The number of hydrogen-bond donors (Lipinski definition) is 2. The van der Waals surface area contributed by atoms with Crippen LogP contribution in [0, 0.1) is 0 Å². The number of aromatic amines is 1. The highest BCUT2D eigenvalue weighted by Gasteiger charge is 2.26. The Morgan fingerprint density at radius 1 is 1.23 bits per heavy atom. The molecule has 0 aromatic carbocycles. The summed E-state index contributed by atoms with van der Waals surface area (Å²) < 4.78 is 1.72. The second-order valence-corrected chi connectivity index (χ2v) is 6.52. The van der Waals surface area contributed by atoms with Gasteiger partial charge in [-0.1, -0.05) is 0 Å². The molecular weight excluding hydrogens is 332 g/mol. The lowest BCUT2D eigenvalue weighted by Crippen LogP contribution is -2.35. The fraction of sp³-hybridized carbons (Fsp3) is 0.647. The number of nitrogens with two attached hydrogens (primary N) is 1. The van der Waals surface area contributed by atoms with E-state index < -0.39 is 0 Å². The number of aromatic nitrogens is 5. The molecule has 142 valence electrons. The summed E-state index contributed by atoms with van der Waals surface area (Å²) in [4.78, 5) is 25.2. The summed E-state index contributed by atoms with van der Waals surface area (Å²) in [6.45, 7) is 10.2. The SMILES string of the molecule is CCN(CC)c1nc(N)cc(N2CCC(c3n[nH]c(=O)n3CC)CC2)n1. The normalized spacial score (nSPS) is 15.4. The first-order valence-corrected chi connectivity index (χ1v) is 9.36. The van der Waals surface area contributed by atoms with Gasteiger partial charge in [0.1, 0.15) is 17.5 Å². The maximum Gasteiger partial charge on any atom is 0.343 e. The molecule has 1 saturated heterocycles. The Morgan fingerprint density at radius 3 is 2.54 bits per heavy atom. The van der Waals surface area contributed by atoms with Gasteiger partial charge in [0.2, 0.25) is 5.95 Å². The van der Waals surface area contributed by atoms with E-state index in [4.69, 9.17) is 10.7 Å². The van der Waals surface area contributed by atoms with Gasteiger partial charge in [-0.2, -0.15) is 15.1 Å². The molecule has 3 heterocycles. The van der Waals surface area contributed by atoms with Crippen LogP contribution in [0.5, 0.6) is 0 Å². The average molecular weight is 360 g/mol. The number of nitrogens with zero attached hydrogens (tertiary/aromatic N) is 6. The Hall–Kier alpha value is -2.58. The van der Waals surface area contributed by atoms with E-state index in [1.165, 1.54) is 0 Å². The van der Waals surface area contributed by atoms with Crippen LogP contribution >= 0.6 is 0 Å². The summed E-state index contributed by atoms with van der Waals surface area (Å²) in [6, 6.07) is 1.84. The number of piperidine rings is 1. The molecule has 2 aromatic rings. The van der Waals surface area contributed by atoms with Crippen LogP contribution in [0.4, 0.5) is 17.6 Å². The number of nitrogens with one attached hydrogen (secondary N) is 1. The first-order valence-electron chi connectivity index (χ1n) is 9.36. The summed E-state index contributed by atoms with van der Waals surface area (Å²) in [5, 5.41) is 6.81. The summed E-state index contributed by atoms with van der Waals surface area (Å²) >= 11 is 0. The van der Waals surface area contributed by atoms with Crippen molar-refractivity contribution >= 4 is 17.6 Å². The summed E-state index contributed by atoms with van der Waals surface area (Å²) in [7, 11) is 0. The molecule has 0 unspecified atom stereocenters. The molecule has 0 radical (unpaired) electrons. The Morgan fingerprint density at radius 2 is 1.92 bits per heavy atom. The molecule has 0 amide bonds. The molecule has 3 N–H and O–H groups in total. The summed E-state index contributed by atoms with van der Waals surface area (Å²) in [6.07, 6.45) is 1.85. The Balaban J connectivity index is 1.74. The van der Waals surface area contributed by atoms with Gasteiger partial charge in [-0.25, -0.2) is 9.89 Å². The Kier molecular flexibility index (Phi) is 5.43. The Labute approximate surface area is 153 Å². The number of nitrogen functional groups attached to an aromatic ring is 1. The molecule has 3 rings (SSSR count). The van der Waals surface area contributed by atoms with Crippen molar-refractivity contribution in [2.45, 2.75) is 46.1 Å². The van der Waals surface area contributed by atoms with Crippen molar-refractivity contribution in [3.05, 3.63) is 22.4 Å². The van der Waals surface area contributed by atoms with Gasteiger partial charge in [0, 0.05) is 44.7 Å². The molecule has 0 aliphatic carbocycles. The smallest absolute Gasteiger partial charge is 0.343 e. The van der Waals surface area contributed by atoms with Gasteiger partial charge in [-0.15, -0.1) is 0 Å². The molecule has 1 aliphatic rings. The number of hydrogen-bond acceptors (Lipinski definition) is 7. The molecule has 1 fully saturated rings. The highest BCUT2D eigenvalue weighted by Crippen LogP contribution is 2.29. The molecule has 0 saturated carbocycles. The second kappa shape index (κ2) is 7.76. The van der Waals surface area contributed by atoms with Gasteiger partial charge in [-0.05, 0) is 33.6 Å². The van der Waals surface area contributed by atoms with Crippen molar-refractivity contribution in [1.29, 1.82) is 0 Å². The van der Waals surface area contributed by atoms with Crippen LogP contribution in [0.3, 0.4) is 0 Å².